The summed E-state index contributed by atoms with van der Waals surface area (Å²) in [5.41, 5.74) is 1.59. The van der Waals surface area contributed by atoms with Gasteiger partial charge in [0.05, 0.1) is 6.04 Å². The molecule has 2 rings (SSSR count). The van der Waals surface area contributed by atoms with Gasteiger partial charge in [0.25, 0.3) is 0 Å². The molecule has 148 valence electrons. The summed E-state index contributed by atoms with van der Waals surface area (Å²) in [6, 6.07) is 22.3. The highest BCUT2D eigenvalue weighted by molar-refractivity contribution is 5.78. The molecule has 0 fully saturated rings. The molecule has 0 bridgehead atoms. The zero-order valence-electron chi connectivity index (χ0n) is 17.1. The van der Waals surface area contributed by atoms with Gasteiger partial charge in [-0.05, 0) is 37.5 Å². The number of allylic oxidation sites excluding steroid dienone is 1. The van der Waals surface area contributed by atoms with Crippen LogP contribution >= 0.6 is 0 Å². The van der Waals surface area contributed by atoms with Gasteiger partial charge in [0.2, 0.25) is 0 Å². The first-order valence-corrected chi connectivity index (χ1v) is 9.41. The monoisotopic (exact) mass is 387 g/mol. The summed E-state index contributed by atoms with van der Waals surface area (Å²) >= 11 is 0. The van der Waals surface area contributed by atoms with Crippen LogP contribution in [0.3, 0.4) is 0 Å². The number of hydrogen-bond donors (Lipinski definition) is 1. The molecule has 1 N–H and O–H groups in total. The van der Waals surface area contributed by atoms with Gasteiger partial charge in [0, 0.05) is 5.92 Å². The first kappa shape index (κ1) is 21.7. The average Bonchev–Trinajstić information content (AvgIpc) is 2.69. The van der Waals surface area contributed by atoms with Crippen LogP contribution in [-0.4, -0.2) is 11.7 Å². The third kappa shape index (κ3) is 5.96. The number of carbonyl (C=O) groups is 1. The van der Waals surface area contributed by atoms with Gasteiger partial charge < -0.3 is 10.1 Å². The van der Waals surface area contributed by atoms with Crippen molar-refractivity contribution in [3.8, 4) is 12.1 Å². The largest absolute Gasteiger partial charge is 0.444 e. The summed E-state index contributed by atoms with van der Waals surface area (Å²) < 4.78 is 5.44. The van der Waals surface area contributed by atoms with E-state index in [0.717, 1.165) is 11.1 Å². The molecule has 2 aromatic rings. The summed E-state index contributed by atoms with van der Waals surface area (Å²) in [5, 5.41) is 22.0. The lowest BCUT2D eigenvalue weighted by atomic mass is 9.82. The minimum atomic E-state index is -0.642. The normalized spacial score (nSPS) is 12.6. The Hall–Kier alpha value is -3.57. The molecule has 2 atom stereocenters. The maximum Gasteiger partial charge on any atom is 0.408 e. The minimum absolute atomic E-state index is 0.0237. The van der Waals surface area contributed by atoms with Crippen molar-refractivity contribution in [3.63, 3.8) is 0 Å². The molecule has 0 saturated heterocycles. The Kier molecular flexibility index (Phi) is 7.17. The van der Waals surface area contributed by atoms with Crippen LogP contribution in [0.15, 0.2) is 66.2 Å². The van der Waals surface area contributed by atoms with Crippen molar-refractivity contribution >= 4 is 11.7 Å². The van der Waals surface area contributed by atoms with Crippen LogP contribution in [0, 0.1) is 28.6 Å². The predicted octanol–water partition coefficient (Wildman–Crippen LogP) is 5.39. The summed E-state index contributed by atoms with van der Waals surface area (Å²) in [5.74, 6) is -0.360. The highest BCUT2D eigenvalue weighted by Crippen LogP contribution is 2.36. The number of alkyl carbamates (subject to hydrolysis) is 1. The third-order valence-electron chi connectivity index (χ3n) is 4.36. The Balaban J connectivity index is 2.53. The van der Waals surface area contributed by atoms with E-state index in [1.165, 1.54) is 0 Å². The lowest BCUT2D eigenvalue weighted by Gasteiger charge is -2.29. The van der Waals surface area contributed by atoms with Crippen molar-refractivity contribution in [2.24, 2.45) is 5.92 Å². The molecule has 5 nitrogen and oxygen atoms in total. The Morgan fingerprint density at radius 1 is 0.966 bits per heavy atom. The van der Waals surface area contributed by atoms with Crippen molar-refractivity contribution in [3.05, 3.63) is 77.4 Å². The van der Waals surface area contributed by atoms with E-state index in [0.29, 0.717) is 5.57 Å². The van der Waals surface area contributed by atoms with E-state index in [9.17, 15) is 15.3 Å². The lowest BCUT2D eigenvalue weighted by molar-refractivity contribution is 0.0494. The topological polar surface area (TPSA) is 85.9 Å². The molecule has 0 aliphatic rings. The molecule has 5 heteroatoms. The van der Waals surface area contributed by atoms with Gasteiger partial charge in [-0.2, -0.15) is 10.5 Å². The molecule has 0 aliphatic heterocycles. The number of amides is 1. The van der Waals surface area contributed by atoms with Gasteiger partial charge >= 0.3 is 6.09 Å². The van der Waals surface area contributed by atoms with Crippen LogP contribution in [0.2, 0.25) is 0 Å². The van der Waals surface area contributed by atoms with Crippen molar-refractivity contribution in [2.75, 3.05) is 0 Å². The molecule has 0 aromatic heterocycles. The fourth-order valence-corrected chi connectivity index (χ4v) is 3.16. The fraction of sp³-hybridized carbons (Fsp3) is 0.292. The van der Waals surface area contributed by atoms with E-state index in [4.69, 9.17) is 4.74 Å². The molecule has 0 aliphatic carbocycles. The highest BCUT2D eigenvalue weighted by Gasteiger charge is 2.29. The number of ether oxygens (including phenoxy) is 1. The molecule has 0 heterocycles. The molecule has 1 amide bonds. The number of hydrogen-bond acceptors (Lipinski definition) is 4. The number of rotatable bonds is 5. The number of nitriles is 2. The van der Waals surface area contributed by atoms with Crippen LogP contribution in [0.4, 0.5) is 4.79 Å². The molecule has 2 unspecified atom stereocenters. The number of benzene rings is 2. The second kappa shape index (κ2) is 9.57. The maximum atomic E-state index is 12.5. The van der Waals surface area contributed by atoms with Crippen LogP contribution in [0.25, 0.3) is 5.57 Å². The first-order chi connectivity index (χ1) is 13.8. The summed E-state index contributed by atoms with van der Waals surface area (Å²) in [4.78, 5) is 12.5. The van der Waals surface area contributed by atoms with E-state index in [1.807, 2.05) is 79.7 Å². The van der Waals surface area contributed by atoms with Gasteiger partial charge in [-0.15, -0.1) is 0 Å². The standard InChI is InChI=1S/C24H25N3O2/c1-17(21(20(15-25)16-26)18-11-7-5-8-12-18)22(19-13-9-6-10-14-19)27-23(28)29-24(2,3)4/h5-14,17,22H,1-4H3,(H,27,28). The Bertz CT molecular complexity index is 930. The van der Waals surface area contributed by atoms with Crippen molar-refractivity contribution in [2.45, 2.75) is 39.3 Å². The van der Waals surface area contributed by atoms with E-state index >= 15 is 0 Å². The van der Waals surface area contributed by atoms with Gasteiger partial charge in [-0.3, -0.25) is 0 Å². The van der Waals surface area contributed by atoms with Gasteiger partial charge in [0.1, 0.15) is 23.3 Å². The van der Waals surface area contributed by atoms with E-state index in [-0.39, 0.29) is 11.5 Å². The second-order valence-electron chi connectivity index (χ2n) is 7.70. The van der Waals surface area contributed by atoms with Gasteiger partial charge in [-0.1, -0.05) is 67.6 Å². The molecule has 0 saturated carbocycles. The van der Waals surface area contributed by atoms with Crippen LogP contribution < -0.4 is 5.32 Å². The lowest BCUT2D eigenvalue weighted by Crippen LogP contribution is -2.37. The molecule has 0 spiro atoms. The number of carbonyl (C=O) groups excluding carboxylic acids is 1. The van der Waals surface area contributed by atoms with E-state index < -0.39 is 17.7 Å². The van der Waals surface area contributed by atoms with Crippen molar-refractivity contribution in [1.29, 1.82) is 10.5 Å². The molecule has 29 heavy (non-hydrogen) atoms. The van der Waals surface area contributed by atoms with Gasteiger partial charge in [-0.25, -0.2) is 4.79 Å². The van der Waals surface area contributed by atoms with Crippen LogP contribution in [0.5, 0.6) is 0 Å². The Labute approximate surface area is 172 Å². The van der Waals surface area contributed by atoms with Crippen LogP contribution in [-0.2, 0) is 4.74 Å². The molecular formula is C24H25N3O2. The second-order valence-corrected chi connectivity index (χ2v) is 7.70. The third-order valence-corrected chi connectivity index (χ3v) is 4.36. The zero-order valence-corrected chi connectivity index (χ0v) is 17.1. The Morgan fingerprint density at radius 3 is 1.97 bits per heavy atom. The number of nitrogens with zero attached hydrogens (tertiary/aromatic N) is 2. The smallest absolute Gasteiger partial charge is 0.408 e. The summed E-state index contributed by atoms with van der Waals surface area (Å²) in [6.07, 6.45) is -0.555. The summed E-state index contributed by atoms with van der Waals surface area (Å²) in [6.45, 7) is 7.29. The zero-order chi connectivity index (χ0) is 21.4. The van der Waals surface area contributed by atoms with E-state index in [1.54, 1.807) is 20.8 Å². The molecule has 0 radical (unpaired) electrons. The molecular weight excluding hydrogens is 362 g/mol. The molecule has 2 aromatic carbocycles. The van der Waals surface area contributed by atoms with E-state index in [2.05, 4.69) is 5.32 Å². The highest BCUT2D eigenvalue weighted by atomic mass is 16.6. The van der Waals surface area contributed by atoms with Gasteiger partial charge in [0.15, 0.2) is 0 Å². The van der Waals surface area contributed by atoms with Crippen molar-refractivity contribution in [1.82, 2.24) is 5.32 Å². The Morgan fingerprint density at radius 2 is 1.48 bits per heavy atom. The fourth-order valence-electron chi connectivity index (χ4n) is 3.16. The first-order valence-electron chi connectivity index (χ1n) is 9.41. The van der Waals surface area contributed by atoms with Crippen LogP contribution in [0.1, 0.15) is 44.9 Å². The maximum absolute atomic E-state index is 12.5. The SMILES string of the molecule is CC(C(=C(C#N)C#N)c1ccccc1)C(NC(=O)OC(C)(C)C)c1ccccc1. The minimum Gasteiger partial charge on any atom is -0.444 e. The number of nitrogens with one attached hydrogen (secondary N) is 1. The summed E-state index contributed by atoms with van der Waals surface area (Å²) in [7, 11) is 0. The average molecular weight is 387 g/mol. The van der Waals surface area contributed by atoms with Crippen molar-refractivity contribution < 1.29 is 9.53 Å². The quantitative estimate of drug-likeness (QED) is 0.697. The predicted molar refractivity (Wildman–Crippen MR) is 112 cm³/mol.